The molecule has 2 aliphatic carbocycles. The van der Waals surface area contributed by atoms with Crippen molar-refractivity contribution in [2.24, 2.45) is 0 Å². The van der Waals surface area contributed by atoms with Gasteiger partial charge in [-0.2, -0.15) is 0 Å². The molecular formula is C16H10N2. The Hall–Kier alpha value is -2.48. The molecule has 2 nitrogen and oxygen atoms in total. The van der Waals surface area contributed by atoms with Crippen LogP contribution in [-0.2, 0) is 0 Å². The minimum Gasteiger partial charge on any atom is -0.244 e. The fourth-order valence-corrected chi connectivity index (χ4v) is 2.56. The van der Waals surface area contributed by atoms with Crippen molar-refractivity contribution in [3.05, 3.63) is 61.1 Å². The van der Waals surface area contributed by atoms with E-state index < -0.39 is 0 Å². The highest BCUT2D eigenvalue weighted by atomic mass is 14.8. The maximum Gasteiger partial charge on any atom is 0.116 e. The monoisotopic (exact) mass is 230 g/mol. The summed E-state index contributed by atoms with van der Waals surface area (Å²) in [5.41, 5.74) is 3.46. The van der Waals surface area contributed by atoms with Gasteiger partial charge in [-0.05, 0) is 22.4 Å². The van der Waals surface area contributed by atoms with Gasteiger partial charge >= 0.3 is 0 Å². The number of hydrogen-bond acceptors (Lipinski definition) is 2. The van der Waals surface area contributed by atoms with E-state index in [1.165, 1.54) is 21.9 Å². The highest BCUT2D eigenvalue weighted by Crippen LogP contribution is 2.36. The molecule has 0 spiro atoms. The normalized spacial score (nSPS) is 11.3. The number of benzene rings is 1. The topological polar surface area (TPSA) is 25.8 Å². The SMILES string of the molecule is c1ccc2c3cccc4cncnc4c-3cc2c1. The van der Waals surface area contributed by atoms with Gasteiger partial charge in [-0.25, -0.2) is 9.97 Å². The molecule has 0 amide bonds. The fourth-order valence-electron chi connectivity index (χ4n) is 2.56. The first-order valence-electron chi connectivity index (χ1n) is 5.94. The molecule has 0 aliphatic heterocycles. The predicted molar refractivity (Wildman–Crippen MR) is 73.7 cm³/mol. The van der Waals surface area contributed by atoms with E-state index >= 15 is 0 Å². The second kappa shape index (κ2) is 3.50. The molecule has 0 fully saturated rings. The van der Waals surface area contributed by atoms with E-state index in [4.69, 9.17) is 0 Å². The van der Waals surface area contributed by atoms with Crippen LogP contribution in [0.2, 0.25) is 0 Å². The van der Waals surface area contributed by atoms with E-state index in [-0.39, 0.29) is 0 Å². The van der Waals surface area contributed by atoms with Crippen LogP contribution in [0.4, 0.5) is 0 Å². The molecule has 0 unspecified atom stereocenters. The molecule has 0 saturated carbocycles. The maximum absolute atomic E-state index is 4.43. The lowest BCUT2D eigenvalue weighted by Crippen LogP contribution is -1.79. The lowest BCUT2D eigenvalue weighted by atomic mass is 10.1. The van der Waals surface area contributed by atoms with E-state index in [1.54, 1.807) is 6.33 Å². The van der Waals surface area contributed by atoms with Gasteiger partial charge in [0.15, 0.2) is 0 Å². The second-order valence-corrected chi connectivity index (χ2v) is 4.41. The summed E-state index contributed by atoms with van der Waals surface area (Å²) in [5, 5.41) is 3.62. The Kier molecular flexibility index (Phi) is 1.86. The smallest absolute Gasteiger partial charge is 0.116 e. The zero-order valence-corrected chi connectivity index (χ0v) is 9.67. The Balaban J connectivity index is 2.28. The van der Waals surface area contributed by atoms with Crippen LogP contribution in [0, 0.1) is 0 Å². The van der Waals surface area contributed by atoms with Gasteiger partial charge in [-0.1, -0.05) is 42.5 Å². The molecule has 1 heterocycles. The lowest BCUT2D eigenvalue weighted by Gasteiger charge is -1.96. The third-order valence-electron chi connectivity index (χ3n) is 3.38. The Morgan fingerprint density at radius 3 is 2.67 bits per heavy atom. The summed E-state index contributed by atoms with van der Waals surface area (Å²) in [6, 6.07) is 16.9. The first-order valence-corrected chi connectivity index (χ1v) is 5.94. The Morgan fingerprint density at radius 1 is 0.778 bits per heavy atom. The van der Waals surface area contributed by atoms with Crippen LogP contribution in [0.15, 0.2) is 61.1 Å². The molecule has 2 heteroatoms. The van der Waals surface area contributed by atoms with Crippen molar-refractivity contribution in [2.45, 2.75) is 0 Å². The minimum absolute atomic E-state index is 1.02. The fraction of sp³-hybridized carbons (Fsp3) is 0. The van der Waals surface area contributed by atoms with Crippen LogP contribution < -0.4 is 0 Å². The molecule has 2 aromatic rings. The van der Waals surface area contributed by atoms with Gasteiger partial charge in [0.2, 0.25) is 0 Å². The van der Waals surface area contributed by atoms with Gasteiger partial charge < -0.3 is 0 Å². The van der Waals surface area contributed by atoms with Crippen molar-refractivity contribution in [3.8, 4) is 11.1 Å². The summed E-state index contributed by atoms with van der Waals surface area (Å²) >= 11 is 0. The molecule has 1 aromatic heterocycles. The maximum atomic E-state index is 4.43. The first-order chi connectivity index (χ1) is 8.93. The molecule has 0 bridgehead atoms. The molecule has 84 valence electrons. The largest absolute Gasteiger partial charge is 0.244 e. The summed E-state index contributed by atoms with van der Waals surface area (Å²) < 4.78 is 0. The van der Waals surface area contributed by atoms with E-state index in [1.807, 2.05) is 6.20 Å². The van der Waals surface area contributed by atoms with Crippen molar-refractivity contribution >= 4 is 21.7 Å². The molecule has 1 aromatic carbocycles. The highest BCUT2D eigenvalue weighted by molar-refractivity contribution is 6.09. The number of nitrogens with zero attached hydrogens (tertiary/aromatic N) is 2. The average molecular weight is 230 g/mol. The molecule has 2 aliphatic rings. The van der Waals surface area contributed by atoms with Gasteiger partial charge in [-0.15, -0.1) is 0 Å². The van der Waals surface area contributed by atoms with Gasteiger partial charge in [0, 0.05) is 17.1 Å². The number of aromatic nitrogens is 2. The zero-order chi connectivity index (χ0) is 11.9. The van der Waals surface area contributed by atoms with Crippen LogP contribution >= 0.6 is 0 Å². The quantitative estimate of drug-likeness (QED) is 0.458. The molecule has 0 saturated heterocycles. The van der Waals surface area contributed by atoms with Gasteiger partial charge in [0.05, 0.1) is 5.52 Å². The summed E-state index contributed by atoms with van der Waals surface area (Å²) in [7, 11) is 0. The standard InChI is InChI=1S/C16H10N2/c1-2-6-13-11(4-1)8-15-14(13)7-3-5-12-9-17-10-18-16(12)15/h1-10H. The van der Waals surface area contributed by atoms with Crippen LogP contribution in [0.25, 0.3) is 32.8 Å². The van der Waals surface area contributed by atoms with Gasteiger partial charge in [-0.3, -0.25) is 0 Å². The number of hydrogen-bond donors (Lipinski definition) is 0. The Morgan fingerprint density at radius 2 is 1.67 bits per heavy atom. The molecule has 0 N–H and O–H groups in total. The predicted octanol–water partition coefficient (Wildman–Crippen LogP) is 3.89. The van der Waals surface area contributed by atoms with Crippen LogP contribution in [0.1, 0.15) is 0 Å². The van der Waals surface area contributed by atoms with Crippen molar-refractivity contribution in [3.63, 3.8) is 0 Å². The van der Waals surface area contributed by atoms with Crippen LogP contribution in [0.5, 0.6) is 0 Å². The van der Waals surface area contributed by atoms with Crippen LogP contribution in [0.3, 0.4) is 0 Å². The van der Waals surface area contributed by atoms with Crippen molar-refractivity contribution in [1.29, 1.82) is 0 Å². The summed E-state index contributed by atoms with van der Waals surface area (Å²) in [6.45, 7) is 0. The average Bonchev–Trinajstić information content (AvgIpc) is 2.69. The molecule has 4 rings (SSSR count). The van der Waals surface area contributed by atoms with E-state index in [0.717, 1.165) is 10.9 Å². The van der Waals surface area contributed by atoms with E-state index in [0.29, 0.717) is 0 Å². The summed E-state index contributed by atoms with van der Waals surface area (Å²) in [6.07, 6.45) is 3.47. The molecular weight excluding hydrogens is 220 g/mol. The van der Waals surface area contributed by atoms with Gasteiger partial charge in [0.25, 0.3) is 0 Å². The highest BCUT2D eigenvalue weighted by Gasteiger charge is 2.11. The van der Waals surface area contributed by atoms with E-state index in [9.17, 15) is 0 Å². The third-order valence-corrected chi connectivity index (χ3v) is 3.38. The Bertz CT molecular complexity index is 836. The molecule has 0 atom stereocenters. The van der Waals surface area contributed by atoms with Crippen molar-refractivity contribution in [2.75, 3.05) is 0 Å². The van der Waals surface area contributed by atoms with Crippen LogP contribution in [-0.4, -0.2) is 9.97 Å². The zero-order valence-electron chi connectivity index (χ0n) is 9.67. The third kappa shape index (κ3) is 1.23. The number of fused-ring (bicyclic) bond motifs is 5. The summed E-state index contributed by atoms with van der Waals surface area (Å²) in [4.78, 5) is 8.52. The summed E-state index contributed by atoms with van der Waals surface area (Å²) in [5.74, 6) is 0. The van der Waals surface area contributed by atoms with E-state index in [2.05, 4.69) is 58.5 Å². The van der Waals surface area contributed by atoms with Crippen molar-refractivity contribution in [1.82, 2.24) is 9.97 Å². The second-order valence-electron chi connectivity index (χ2n) is 4.41. The lowest BCUT2D eigenvalue weighted by molar-refractivity contribution is 1.23. The molecule has 18 heavy (non-hydrogen) atoms. The van der Waals surface area contributed by atoms with Gasteiger partial charge in [0.1, 0.15) is 6.33 Å². The van der Waals surface area contributed by atoms with Crippen molar-refractivity contribution < 1.29 is 0 Å². The minimum atomic E-state index is 1.02. The number of rotatable bonds is 0. The molecule has 0 radical (unpaired) electrons. The Labute approximate surface area is 104 Å². The first kappa shape index (κ1) is 9.54.